The highest BCUT2D eigenvalue weighted by atomic mass is 79.9. The van der Waals surface area contributed by atoms with E-state index in [1.807, 2.05) is 22.7 Å². The highest BCUT2D eigenvalue weighted by Crippen LogP contribution is 2.37. The number of hydrogen-bond donors (Lipinski definition) is 1. The standard InChI is InChI=1S/C14H18BrNS2/c1-4-10-6-7-17-13(10)12(16-5-2)11-8-9(3)14(15)18-11/h6-8,12,16H,4-5H2,1-3H3. The fourth-order valence-electron chi connectivity index (χ4n) is 2.05. The van der Waals surface area contributed by atoms with Crippen LogP contribution in [0.2, 0.25) is 0 Å². The summed E-state index contributed by atoms with van der Waals surface area (Å²) in [6.07, 6.45) is 1.10. The third kappa shape index (κ3) is 2.87. The molecule has 0 radical (unpaired) electrons. The Kier molecular flexibility index (Phi) is 5.01. The van der Waals surface area contributed by atoms with Crippen LogP contribution in [0.3, 0.4) is 0 Å². The third-order valence-electron chi connectivity index (χ3n) is 2.99. The summed E-state index contributed by atoms with van der Waals surface area (Å²) < 4.78 is 1.25. The van der Waals surface area contributed by atoms with E-state index in [0.717, 1.165) is 13.0 Å². The van der Waals surface area contributed by atoms with Crippen molar-refractivity contribution in [2.75, 3.05) is 6.54 Å². The molecule has 2 heterocycles. The van der Waals surface area contributed by atoms with E-state index in [1.165, 1.54) is 24.7 Å². The molecular weight excluding hydrogens is 326 g/mol. The van der Waals surface area contributed by atoms with Crippen LogP contribution in [-0.2, 0) is 6.42 Å². The van der Waals surface area contributed by atoms with Crippen molar-refractivity contribution < 1.29 is 0 Å². The number of aryl methyl sites for hydroxylation is 2. The normalized spacial score (nSPS) is 12.9. The van der Waals surface area contributed by atoms with Crippen molar-refractivity contribution >= 4 is 38.6 Å². The monoisotopic (exact) mass is 343 g/mol. The molecule has 4 heteroatoms. The first-order valence-electron chi connectivity index (χ1n) is 6.22. The largest absolute Gasteiger partial charge is 0.305 e. The Hall–Kier alpha value is -0.160. The van der Waals surface area contributed by atoms with Crippen LogP contribution >= 0.6 is 38.6 Å². The van der Waals surface area contributed by atoms with Crippen molar-refractivity contribution in [3.05, 3.63) is 42.2 Å². The van der Waals surface area contributed by atoms with Crippen LogP contribution in [0.25, 0.3) is 0 Å². The van der Waals surface area contributed by atoms with Crippen molar-refractivity contribution in [3.63, 3.8) is 0 Å². The molecule has 0 aliphatic carbocycles. The topological polar surface area (TPSA) is 12.0 Å². The van der Waals surface area contributed by atoms with Crippen LogP contribution in [0.1, 0.15) is 40.8 Å². The summed E-state index contributed by atoms with van der Waals surface area (Å²) in [5.74, 6) is 0. The molecule has 0 saturated heterocycles. The van der Waals surface area contributed by atoms with E-state index in [2.05, 4.69) is 59.5 Å². The molecule has 2 aromatic rings. The molecule has 0 aliphatic heterocycles. The van der Waals surface area contributed by atoms with Gasteiger partial charge in [0.05, 0.1) is 9.83 Å². The van der Waals surface area contributed by atoms with Gasteiger partial charge in [-0.15, -0.1) is 22.7 Å². The van der Waals surface area contributed by atoms with Crippen LogP contribution in [0.4, 0.5) is 0 Å². The Balaban J connectivity index is 2.39. The molecular formula is C14H18BrNS2. The Morgan fingerprint density at radius 2 is 2.17 bits per heavy atom. The summed E-state index contributed by atoms with van der Waals surface area (Å²) in [7, 11) is 0. The zero-order valence-electron chi connectivity index (χ0n) is 10.9. The Morgan fingerprint density at radius 1 is 1.39 bits per heavy atom. The maximum Gasteiger partial charge on any atom is 0.0768 e. The summed E-state index contributed by atoms with van der Waals surface area (Å²) in [5, 5.41) is 5.82. The first kappa shape index (κ1) is 14.3. The van der Waals surface area contributed by atoms with Gasteiger partial charge in [-0.05, 0) is 64.5 Å². The Bertz CT molecular complexity index is 496. The average Bonchev–Trinajstić information content (AvgIpc) is 2.94. The van der Waals surface area contributed by atoms with E-state index in [0.29, 0.717) is 6.04 Å². The second kappa shape index (κ2) is 6.33. The molecule has 2 rings (SSSR count). The van der Waals surface area contributed by atoms with Gasteiger partial charge in [-0.25, -0.2) is 0 Å². The molecule has 0 saturated carbocycles. The van der Waals surface area contributed by atoms with Gasteiger partial charge in [-0.1, -0.05) is 13.8 Å². The lowest BCUT2D eigenvalue weighted by Gasteiger charge is -2.16. The minimum Gasteiger partial charge on any atom is -0.305 e. The predicted molar refractivity (Wildman–Crippen MR) is 86.0 cm³/mol. The SMILES string of the molecule is CCNC(c1cc(C)c(Br)s1)c1sccc1CC. The first-order chi connectivity index (χ1) is 8.67. The number of rotatable bonds is 5. The summed E-state index contributed by atoms with van der Waals surface area (Å²) in [6.45, 7) is 7.54. The average molecular weight is 344 g/mol. The lowest BCUT2D eigenvalue weighted by atomic mass is 10.1. The third-order valence-corrected chi connectivity index (χ3v) is 6.22. The van der Waals surface area contributed by atoms with E-state index in [1.54, 1.807) is 0 Å². The van der Waals surface area contributed by atoms with Gasteiger partial charge in [0.25, 0.3) is 0 Å². The molecule has 0 amide bonds. The highest BCUT2D eigenvalue weighted by molar-refractivity contribution is 9.11. The number of nitrogens with one attached hydrogen (secondary N) is 1. The second-order valence-corrected chi connectivity index (χ2v) is 7.61. The molecule has 0 aliphatic rings. The number of thiophene rings is 2. The van der Waals surface area contributed by atoms with Crippen LogP contribution < -0.4 is 5.32 Å². The lowest BCUT2D eigenvalue weighted by molar-refractivity contribution is 0.644. The van der Waals surface area contributed by atoms with E-state index in [9.17, 15) is 0 Å². The van der Waals surface area contributed by atoms with Gasteiger partial charge in [0, 0.05) is 9.75 Å². The summed E-state index contributed by atoms with van der Waals surface area (Å²) in [5.41, 5.74) is 2.79. The lowest BCUT2D eigenvalue weighted by Crippen LogP contribution is -2.21. The van der Waals surface area contributed by atoms with Gasteiger partial charge < -0.3 is 5.32 Å². The van der Waals surface area contributed by atoms with E-state index in [-0.39, 0.29) is 0 Å². The van der Waals surface area contributed by atoms with E-state index >= 15 is 0 Å². The highest BCUT2D eigenvalue weighted by Gasteiger charge is 2.20. The number of hydrogen-bond acceptors (Lipinski definition) is 3. The van der Waals surface area contributed by atoms with Gasteiger partial charge in [0.2, 0.25) is 0 Å². The van der Waals surface area contributed by atoms with Crippen LogP contribution in [-0.4, -0.2) is 6.54 Å². The fraction of sp³-hybridized carbons (Fsp3) is 0.429. The molecule has 1 N–H and O–H groups in total. The van der Waals surface area contributed by atoms with Crippen LogP contribution in [0, 0.1) is 6.92 Å². The fourth-order valence-corrected chi connectivity index (χ4v) is 4.87. The predicted octanol–water partition coefficient (Wildman–Crippen LogP) is 5.14. The molecule has 18 heavy (non-hydrogen) atoms. The van der Waals surface area contributed by atoms with Crippen LogP contribution in [0.15, 0.2) is 21.3 Å². The molecule has 2 aromatic heterocycles. The van der Waals surface area contributed by atoms with Crippen molar-refractivity contribution in [1.82, 2.24) is 5.32 Å². The molecule has 98 valence electrons. The molecule has 1 nitrogen and oxygen atoms in total. The summed E-state index contributed by atoms with van der Waals surface area (Å²) in [4.78, 5) is 2.87. The van der Waals surface area contributed by atoms with Crippen molar-refractivity contribution in [2.24, 2.45) is 0 Å². The van der Waals surface area contributed by atoms with Gasteiger partial charge in [0.15, 0.2) is 0 Å². The van der Waals surface area contributed by atoms with Crippen LogP contribution in [0.5, 0.6) is 0 Å². The Morgan fingerprint density at radius 3 is 2.72 bits per heavy atom. The molecule has 0 bridgehead atoms. The smallest absolute Gasteiger partial charge is 0.0768 e. The summed E-state index contributed by atoms with van der Waals surface area (Å²) in [6, 6.07) is 4.89. The summed E-state index contributed by atoms with van der Waals surface area (Å²) >= 11 is 7.33. The van der Waals surface area contributed by atoms with E-state index < -0.39 is 0 Å². The molecule has 1 unspecified atom stereocenters. The van der Waals surface area contributed by atoms with Gasteiger partial charge in [-0.3, -0.25) is 0 Å². The second-order valence-electron chi connectivity index (χ2n) is 4.26. The zero-order chi connectivity index (χ0) is 13.1. The first-order valence-corrected chi connectivity index (χ1v) is 8.71. The zero-order valence-corrected chi connectivity index (χ0v) is 14.1. The van der Waals surface area contributed by atoms with Crippen molar-refractivity contribution in [2.45, 2.75) is 33.2 Å². The van der Waals surface area contributed by atoms with Gasteiger partial charge in [-0.2, -0.15) is 0 Å². The molecule has 0 spiro atoms. The molecule has 0 fully saturated rings. The van der Waals surface area contributed by atoms with Crippen molar-refractivity contribution in [1.29, 1.82) is 0 Å². The maximum absolute atomic E-state index is 3.63. The minimum atomic E-state index is 0.347. The number of halogens is 1. The minimum absolute atomic E-state index is 0.347. The Labute approximate surface area is 125 Å². The molecule has 0 aromatic carbocycles. The molecule has 1 atom stereocenters. The van der Waals surface area contributed by atoms with Gasteiger partial charge in [0.1, 0.15) is 0 Å². The van der Waals surface area contributed by atoms with Gasteiger partial charge >= 0.3 is 0 Å². The van der Waals surface area contributed by atoms with E-state index in [4.69, 9.17) is 0 Å². The maximum atomic E-state index is 3.63. The quantitative estimate of drug-likeness (QED) is 0.792. The van der Waals surface area contributed by atoms with Crippen molar-refractivity contribution in [3.8, 4) is 0 Å².